The lowest BCUT2D eigenvalue weighted by Gasteiger charge is -2.29. The van der Waals surface area contributed by atoms with Crippen molar-refractivity contribution in [3.8, 4) is 0 Å². The molecule has 2 aromatic rings. The van der Waals surface area contributed by atoms with Gasteiger partial charge in [0.15, 0.2) is 0 Å². The highest BCUT2D eigenvalue weighted by atomic mass is 35.5. The number of fused-ring (bicyclic) bond motifs is 1. The fraction of sp³-hybridized carbons (Fsp3) is 0.500. The maximum atomic E-state index is 12.5. The summed E-state index contributed by atoms with van der Waals surface area (Å²) in [6, 6.07) is 7.57. The average molecular weight is 392 g/mol. The molecule has 8 heteroatoms. The molecule has 0 radical (unpaired) electrons. The Hall–Kier alpha value is -0.920. The van der Waals surface area contributed by atoms with E-state index in [1.807, 2.05) is 24.3 Å². The summed E-state index contributed by atoms with van der Waals surface area (Å²) in [5, 5.41) is 0.941. The summed E-state index contributed by atoms with van der Waals surface area (Å²) in [6.07, 6.45) is 1.73. The van der Waals surface area contributed by atoms with Crippen molar-refractivity contribution >= 4 is 52.3 Å². The summed E-state index contributed by atoms with van der Waals surface area (Å²) in [6.45, 7) is 1.91. The Balaban J connectivity index is 0.00000144. The highest BCUT2D eigenvalue weighted by Gasteiger charge is 2.28. The maximum absolute atomic E-state index is 12.5. The van der Waals surface area contributed by atoms with E-state index in [2.05, 4.69) is 4.98 Å². The number of hydrogen-bond donors (Lipinski definition) is 1. The van der Waals surface area contributed by atoms with Gasteiger partial charge in [-0.1, -0.05) is 12.1 Å². The summed E-state index contributed by atoms with van der Waals surface area (Å²) in [5.41, 5.74) is 7.14. The van der Waals surface area contributed by atoms with Crippen LogP contribution in [0, 0.1) is 5.92 Å². The highest BCUT2D eigenvalue weighted by molar-refractivity contribution is 7.18. The van der Waals surface area contributed by atoms with E-state index in [-0.39, 0.29) is 36.6 Å². The fourth-order valence-corrected chi connectivity index (χ4v) is 3.82. The normalized spacial score (nSPS) is 16.1. The third-order valence-corrected chi connectivity index (χ3v) is 5.17. The summed E-state index contributed by atoms with van der Waals surface area (Å²) in [4.78, 5) is 18.8. The van der Waals surface area contributed by atoms with Crippen LogP contribution in [-0.4, -0.2) is 42.1 Å². The van der Waals surface area contributed by atoms with E-state index in [0.29, 0.717) is 19.8 Å². The molecule has 1 aromatic carbocycles. The summed E-state index contributed by atoms with van der Waals surface area (Å²) in [5.74, 6) is 0.213. The van der Waals surface area contributed by atoms with Gasteiger partial charge in [0.2, 0.25) is 5.91 Å². The van der Waals surface area contributed by atoms with E-state index in [9.17, 15) is 4.79 Å². The molecule has 0 bridgehead atoms. The Labute approximate surface area is 158 Å². The Morgan fingerprint density at radius 3 is 2.71 bits per heavy atom. The van der Waals surface area contributed by atoms with Gasteiger partial charge in [-0.3, -0.25) is 4.79 Å². The number of para-hydroxylation sites is 1. The number of rotatable bonds is 4. The van der Waals surface area contributed by atoms with Crippen molar-refractivity contribution in [2.24, 2.45) is 11.7 Å². The summed E-state index contributed by atoms with van der Waals surface area (Å²) >= 11 is 1.62. The van der Waals surface area contributed by atoms with Crippen LogP contribution in [0.1, 0.15) is 17.8 Å². The molecule has 1 atom stereocenters. The molecular weight excluding hydrogens is 369 g/mol. The third kappa shape index (κ3) is 4.80. The Morgan fingerprint density at radius 1 is 1.38 bits per heavy atom. The molecule has 1 aromatic heterocycles. The van der Waals surface area contributed by atoms with Gasteiger partial charge in [-0.2, -0.15) is 0 Å². The smallest absolute Gasteiger partial charge is 0.239 e. The lowest BCUT2D eigenvalue weighted by Crippen LogP contribution is -2.47. The van der Waals surface area contributed by atoms with Gasteiger partial charge in [0.05, 0.1) is 22.8 Å². The molecule has 1 fully saturated rings. The van der Waals surface area contributed by atoms with Gasteiger partial charge in [-0.05, 0) is 30.9 Å². The largest absolute Gasteiger partial charge is 0.381 e. The van der Waals surface area contributed by atoms with Gasteiger partial charge in [0.1, 0.15) is 5.01 Å². The zero-order chi connectivity index (χ0) is 15.5. The van der Waals surface area contributed by atoms with Crippen molar-refractivity contribution in [2.75, 3.05) is 20.3 Å². The van der Waals surface area contributed by atoms with Crippen molar-refractivity contribution in [1.29, 1.82) is 0 Å². The Morgan fingerprint density at radius 2 is 2.04 bits per heavy atom. The molecular formula is C16H23Cl2N3O2S. The van der Waals surface area contributed by atoms with E-state index in [1.54, 1.807) is 23.3 Å². The molecule has 1 unspecified atom stereocenters. The predicted octanol–water partition coefficient (Wildman–Crippen LogP) is 2.85. The second-order valence-corrected chi connectivity index (χ2v) is 6.86. The van der Waals surface area contributed by atoms with Gasteiger partial charge < -0.3 is 15.4 Å². The number of amides is 1. The van der Waals surface area contributed by atoms with Crippen molar-refractivity contribution in [1.82, 2.24) is 9.88 Å². The molecule has 2 N–H and O–H groups in total. The standard InChI is InChI=1S/C16H21N3O2S.2ClH/c1-19(16(20)15(17)11-6-8-21-9-7-11)10-14-18-12-4-2-3-5-13(12)22-14;;/h2-5,11,15H,6-10,17H2,1H3;2*1H. The Kier molecular flexibility index (Phi) is 8.39. The second-order valence-electron chi connectivity index (χ2n) is 5.75. The van der Waals surface area contributed by atoms with E-state index in [1.165, 1.54) is 0 Å². The van der Waals surface area contributed by atoms with Gasteiger partial charge in [-0.25, -0.2) is 4.98 Å². The first-order valence-electron chi connectivity index (χ1n) is 7.58. The zero-order valence-electron chi connectivity index (χ0n) is 13.5. The van der Waals surface area contributed by atoms with Crippen molar-refractivity contribution in [3.05, 3.63) is 29.3 Å². The first-order valence-corrected chi connectivity index (χ1v) is 8.39. The van der Waals surface area contributed by atoms with Crippen LogP contribution in [0.4, 0.5) is 0 Å². The molecule has 2 heterocycles. The second kappa shape index (κ2) is 9.53. The van der Waals surface area contributed by atoms with Gasteiger partial charge in [-0.15, -0.1) is 36.2 Å². The fourth-order valence-electron chi connectivity index (χ4n) is 2.80. The quantitative estimate of drug-likeness (QED) is 0.869. The number of hydrogen-bond acceptors (Lipinski definition) is 5. The molecule has 1 aliphatic heterocycles. The summed E-state index contributed by atoms with van der Waals surface area (Å²) < 4.78 is 6.48. The minimum Gasteiger partial charge on any atom is -0.381 e. The molecule has 5 nitrogen and oxygen atoms in total. The van der Waals surface area contributed by atoms with Gasteiger partial charge >= 0.3 is 0 Å². The van der Waals surface area contributed by atoms with Crippen molar-refractivity contribution in [2.45, 2.75) is 25.4 Å². The number of thiazole rings is 1. The molecule has 0 aliphatic carbocycles. The molecule has 24 heavy (non-hydrogen) atoms. The van der Waals surface area contributed by atoms with Crippen LogP contribution in [0.15, 0.2) is 24.3 Å². The minimum absolute atomic E-state index is 0. The number of carbonyl (C=O) groups excluding carboxylic acids is 1. The molecule has 1 saturated heterocycles. The summed E-state index contributed by atoms with van der Waals surface area (Å²) in [7, 11) is 1.80. The van der Waals surface area contributed by atoms with Crippen molar-refractivity contribution in [3.63, 3.8) is 0 Å². The number of benzene rings is 1. The van der Waals surface area contributed by atoms with Crippen LogP contribution in [0.25, 0.3) is 10.2 Å². The van der Waals surface area contributed by atoms with Crippen LogP contribution in [0.5, 0.6) is 0 Å². The number of carbonyl (C=O) groups is 1. The van der Waals surface area contributed by atoms with Gasteiger partial charge in [0, 0.05) is 20.3 Å². The minimum atomic E-state index is -0.441. The Bertz CT molecular complexity index is 629. The van der Waals surface area contributed by atoms with E-state index in [0.717, 1.165) is 28.1 Å². The molecule has 0 saturated carbocycles. The van der Waals surface area contributed by atoms with E-state index < -0.39 is 6.04 Å². The lowest BCUT2D eigenvalue weighted by atomic mass is 9.91. The molecule has 1 amide bonds. The SMILES string of the molecule is CN(Cc1nc2ccccc2s1)C(=O)C(N)C1CCOCC1.Cl.Cl. The van der Waals surface area contributed by atoms with E-state index in [4.69, 9.17) is 10.5 Å². The van der Waals surface area contributed by atoms with E-state index >= 15 is 0 Å². The number of nitrogens with zero attached hydrogens (tertiary/aromatic N) is 2. The zero-order valence-corrected chi connectivity index (χ0v) is 16.0. The van der Waals surface area contributed by atoms with Crippen molar-refractivity contribution < 1.29 is 9.53 Å². The number of halogens is 2. The van der Waals surface area contributed by atoms with Crippen LogP contribution in [0.3, 0.4) is 0 Å². The highest BCUT2D eigenvalue weighted by Crippen LogP contribution is 2.23. The topological polar surface area (TPSA) is 68.5 Å². The van der Waals surface area contributed by atoms with Gasteiger partial charge in [0.25, 0.3) is 0 Å². The molecule has 0 spiro atoms. The monoisotopic (exact) mass is 391 g/mol. The molecule has 134 valence electrons. The molecule has 3 rings (SSSR count). The van der Waals surface area contributed by atoms with Crippen LogP contribution >= 0.6 is 36.2 Å². The first-order chi connectivity index (χ1) is 10.6. The maximum Gasteiger partial charge on any atom is 0.239 e. The third-order valence-electron chi connectivity index (χ3n) is 4.15. The van der Waals surface area contributed by atoms with Crippen LogP contribution in [0.2, 0.25) is 0 Å². The van der Waals surface area contributed by atoms with Crippen LogP contribution in [-0.2, 0) is 16.1 Å². The average Bonchev–Trinajstić information content (AvgIpc) is 2.96. The number of aromatic nitrogens is 1. The number of likely N-dealkylation sites (N-methyl/N-ethyl adjacent to an activating group) is 1. The predicted molar refractivity (Wildman–Crippen MR) is 102 cm³/mol. The first kappa shape index (κ1) is 21.1. The van der Waals surface area contributed by atoms with Crippen LogP contribution < -0.4 is 5.73 Å². The lowest BCUT2D eigenvalue weighted by molar-refractivity contribution is -0.133. The number of ether oxygens (including phenoxy) is 1. The molecule has 1 aliphatic rings. The number of nitrogens with two attached hydrogens (primary N) is 1.